The van der Waals surface area contributed by atoms with Gasteiger partial charge in [-0.25, -0.2) is 13.6 Å². The number of benzene rings is 2. The summed E-state index contributed by atoms with van der Waals surface area (Å²) in [7, 11) is 0. The molecule has 110 valence electrons. The predicted octanol–water partition coefficient (Wildman–Crippen LogP) is 4.19. The molecule has 0 radical (unpaired) electrons. The molecule has 1 aromatic heterocycles. The van der Waals surface area contributed by atoms with Gasteiger partial charge in [0.2, 0.25) is 0 Å². The van der Waals surface area contributed by atoms with Gasteiger partial charge in [0.1, 0.15) is 11.6 Å². The van der Waals surface area contributed by atoms with E-state index in [-0.39, 0.29) is 16.8 Å². The summed E-state index contributed by atoms with van der Waals surface area (Å²) in [5, 5.41) is 9.76. The number of rotatable bonds is 2. The topological polar surface area (TPSA) is 50.2 Å². The van der Waals surface area contributed by atoms with Gasteiger partial charge in [-0.1, -0.05) is 6.07 Å². The van der Waals surface area contributed by atoms with E-state index in [0.29, 0.717) is 22.2 Å². The fourth-order valence-electron chi connectivity index (χ4n) is 2.45. The predicted molar refractivity (Wildman–Crippen MR) is 78.8 cm³/mol. The van der Waals surface area contributed by atoms with Crippen molar-refractivity contribution < 1.29 is 18.7 Å². The van der Waals surface area contributed by atoms with Gasteiger partial charge in [-0.05, 0) is 42.8 Å². The summed E-state index contributed by atoms with van der Waals surface area (Å²) >= 11 is 0. The van der Waals surface area contributed by atoms with Crippen LogP contribution < -0.4 is 0 Å². The van der Waals surface area contributed by atoms with Crippen LogP contribution in [0.4, 0.5) is 8.78 Å². The van der Waals surface area contributed by atoms with Gasteiger partial charge in [-0.15, -0.1) is 0 Å². The molecule has 2 aromatic carbocycles. The van der Waals surface area contributed by atoms with Gasteiger partial charge >= 0.3 is 5.97 Å². The zero-order valence-electron chi connectivity index (χ0n) is 11.6. The smallest absolute Gasteiger partial charge is 0.335 e. The van der Waals surface area contributed by atoms with Crippen molar-refractivity contribution in [1.82, 2.24) is 4.98 Å². The number of pyridine rings is 1. The van der Waals surface area contributed by atoms with Crippen LogP contribution in [0.3, 0.4) is 0 Å². The van der Waals surface area contributed by atoms with Crippen molar-refractivity contribution in [2.24, 2.45) is 0 Å². The van der Waals surface area contributed by atoms with Crippen molar-refractivity contribution in [1.29, 1.82) is 0 Å². The van der Waals surface area contributed by atoms with E-state index >= 15 is 0 Å². The highest BCUT2D eigenvalue weighted by molar-refractivity contribution is 6.00. The van der Waals surface area contributed by atoms with E-state index in [1.807, 2.05) is 0 Å². The molecule has 0 unspecified atom stereocenters. The Morgan fingerprint density at radius 2 is 1.86 bits per heavy atom. The molecule has 22 heavy (non-hydrogen) atoms. The minimum absolute atomic E-state index is 0.0425. The van der Waals surface area contributed by atoms with Crippen LogP contribution in [-0.2, 0) is 0 Å². The Hall–Kier alpha value is -2.82. The summed E-state index contributed by atoms with van der Waals surface area (Å²) in [4.78, 5) is 15.2. The highest BCUT2D eigenvalue weighted by Crippen LogP contribution is 2.31. The van der Waals surface area contributed by atoms with Gasteiger partial charge in [0.15, 0.2) is 0 Å². The van der Waals surface area contributed by atoms with E-state index < -0.39 is 11.8 Å². The maximum absolute atomic E-state index is 13.9. The lowest BCUT2D eigenvalue weighted by Crippen LogP contribution is -1.98. The number of nitrogens with zero attached hydrogens (tertiary/aromatic N) is 1. The Bertz CT molecular complexity index is 907. The largest absolute Gasteiger partial charge is 0.478 e. The lowest BCUT2D eigenvalue weighted by atomic mass is 9.98. The third-order valence-corrected chi connectivity index (χ3v) is 3.53. The third-order valence-electron chi connectivity index (χ3n) is 3.53. The van der Waals surface area contributed by atoms with Crippen LogP contribution in [0.1, 0.15) is 15.9 Å². The lowest BCUT2D eigenvalue weighted by molar-refractivity contribution is 0.0697. The third kappa shape index (κ3) is 2.30. The number of fused-ring (bicyclic) bond motifs is 1. The second-order valence-corrected chi connectivity index (χ2v) is 4.98. The number of carboxylic acids is 1. The van der Waals surface area contributed by atoms with Crippen molar-refractivity contribution in [3.63, 3.8) is 0 Å². The van der Waals surface area contributed by atoms with Crippen molar-refractivity contribution in [3.8, 4) is 11.3 Å². The van der Waals surface area contributed by atoms with Crippen molar-refractivity contribution in [2.75, 3.05) is 0 Å². The van der Waals surface area contributed by atoms with Crippen LogP contribution in [0, 0.1) is 18.6 Å². The summed E-state index contributed by atoms with van der Waals surface area (Å²) < 4.78 is 27.2. The molecule has 0 fully saturated rings. The molecule has 0 saturated carbocycles. The van der Waals surface area contributed by atoms with Crippen LogP contribution in [-0.4, -0.2) is 16.1 Å². The lowest BCUT2D eigenvalue weighted by Gasteiger charge is -2.10. The zero-order chi connectivity index (χ0) is 15.9. The fraction of sp³-hybridized carbons (Fsp3) is 0.0588. The Morgan fingerprint density at radius 3 is 2.55 bits per heavy atom. The molecule has 0 aliphatic heterocycles. The number of halogens is 2. The second kappa shape index (κ2) is 5.18. The molecule has 3 nitrogen and oxygen atoms in total. The summed E-state index contributed by atoms with van der Waals surface area (Å²) in [6, 6.07) is 8.34. The molecule has 1 N–H and O–H groups in total. The maximum atomic E-state index is 13.9. The summed E-state index contributed by atoms with van der Waals surface area (Å²) in [5.41, 5.74) is 1.74. The van der Waals surface area contributed by atoms with Crippen molar-refractivity contribution in [3.05, 3.63) is 65.4 Å². The Labute approximate surface area is 124 Å². The van der Waals surface area contributed by atoms with Crippen molar-refractivity contribution >= 4 is 16.7 Å². The monoisotopic (exact) mass is 299 g/mol. The average Bonchev–Trinajstić information content (AvgIpc) is 2.48. The number of hydrogen-bond acceptors (Lipinski definition) is 2. The Kier molecular flexibility index (Phi) is 3.33. The number of aryl methyl sites for hydroxylation is 1. The van der Waals surface area contributed by atoms with Crippen LogP contribution in [0.15, 0.2) is 42.6 Å². The SMILES string of the molecule is Cc1cc(F)ccc1-c1ncc(F)c2ccc(C(=O)O)cc12. The van der Waals surface area contributed by atoms with Gasteiger partial charge in [0, 0.05) is 16.3 Å². The molecule has 1 heterocycles. The highest BCUT2D eigenvalue weighted by atomic mass is 19.1. The molecule has 5 heteroatoms. The summed E-state index contributed by atoms with van der Waals surface area (Å²) in [6.45, 7) is 1.72. The standard InChI is InChI=1S/C17H11F2NO2/c1-9-6-11(18)3-5-12(9)16-14-7-10(17(21)22)2-4-13(14)15(19)8-20-16/h2-8H,1H3,(H,21,22). The first-order valence-corrected chi connectivity index (χ1v) is 6.55. The molecule has 0 aliphatic carbocycles. The number of aromatic carboxylic acids is 1. The first-order chi connectivity index (χ1) is 10.5. The Morgan fingerprint density at radius 1 is 1.09 bits per heavy atom. The highest BCUT2D eigenvalue weighted by Gasteiger charge is 2.14. The van der Waals surface area contributed by atoms with Gasteiger partial charge in [-0.2, -0.15) is 0 Å². The van der Waals surface area contributed by atoms with Gasteiger partial charge in [0.25, 0.3) is 0 Å². The molecule has 0 saturated heterocycles. The molecular formula is C17H11F2NO2. The molecular weight excluding hydrogens is 288 g/mol. The quantitative estimate of drug-likeness (QED) is 0.772. The minimum atomic E-state index is -1.10. The summed E-state index contributed by atoms with van der Waals surface area (Å²) in [6.07, 6.45) is 1.08. The van der Waals surface area contributed by atoms with Crippen LogP contribution >= 0.6 is 0 Å². The number of hydrogen-bond donors (Lipinski definition) is 1. The van der Waals surface area contributed by atoms with E-state index in [1.54, 1.807) is 13.0 Å². The molecule has 3 aromatic rings. The molecule has 3 rings (SSSR count). The van der Waals surface area contributed by atoms with E-state index in [2.05, 4.69) is 4.98 Å². The molecule has 0 amide bonds. The van der Waals surface area contributed by atoms with E-state index in [9.17, 15) is 13.6 Å². The second-order valence-electron chi connectivity index (χ2n) is 4.98. The normalized spacial score (nSPS) is 10.9. The number of carbonyl (C=O) groups is 1. The van der Waals surface area contributed by atoms with E-state index in [4.69, 9.17) is 5.11 Å². The average molecular weight is 299 g/mol. The zero-order valence-corrected chi connectivity index (χ0v) is 11.6. The molecule has 0 bridgehead atoms. The van der Waals surface area contributed by atoms with Gasteiger partial charge in [-0.3, -0.25) is 4.98 Å². The van der Waals surface area contributed by atoms with Crippen molar-refractivity contribution in [2.45, 2.75) is 6.92 Å². The first kappa shape index (κ1) is 14.1. The van der Waals surface area contributed by atoms with Gasteiger partial charge in [0.05, 0.1) is 17.5 Å². The minimum Gasteiger partial charge on any atom is -0.478 e. The fourth-order valence-corrected chi connectivity index (χ4v) is 2.45. The van der Waals surface area contributed by atoms with E-state index in [0.717, 1.165) is 6.20 Å². The van der Waals surface area contributed by atoms with E-state index in [1.165, 1.54) is 30.3 Å². The molecule has 0 spiro atoms. The van der Waals surface area contributed by atoms with Gasteiger partial charge < -0.3 is 5.11 Å². The number of carboxylic acid groups (broad SMARTS) is 1. The van der Waals surface area contributed by atoms with Crippen LogP contribution in [0.2, 0.25) is 0 Å². The first-order valence-electron chi connectivity index (χ1n) is 6.55. The Balaban J connectivity index is 2.35. The molecule has 0 atom stereocenters. The summed E-state index contributed by atoms with van der Waals surface area (Å²) in [5.74, 6) is -2.01. The number of aromatic nitrogens is 1. The van der Waals surface area contributed by atoms with Crippen LogP contribution in [0.5, 0.6) is 0 Å². The van der Waals surface area contributed by atoms with Crippen LogP contribution in [0.25, 0.3) is 22.0 Å². The molecule has 0 aliphatic rings. The maximum Gasteiger partial charge on any atom is 0.335 e.